The fraction of sp³-hybridized carbons (Fsp3) is 0.800. The zero-order valence-corrected chi connectivity index (χ0v) is 6.76. The third kappa shape index (κ3) is 1.42. The molecule has 0 saturated carbocycles. The molecule has 0 aliphatic carbocycles. The van der Waals surface area contributed by atoms with Gasteiger partial charge in [0.15, 0.2) is 0 Å². The summed E-state index contributed by atoms with van der Waals surface area (Å²) >= 11 is 1.44. The number of hydrogen-bond acceptors (Lipinski definition) is 4. The molecule has 5 heteroatoms. The molecule has 0 radical (unpaired) electrons. The molecule has 1 aliphatic heterocycles. The average Bonchev–Trinajstić information content (AvgIpc) is 2.10. The van der Waals surface area contributed by atoms with Crippen LogP contribution in [0, 0.1) is 0 Å². The maximum Gasteiger partial charge on any atom is 0.323 e. The molecule has 10 heavy (non-hydrogen) atoms. The molecule has 0 aromatic rings. The lowest BCUT2D eigenvalue weighted by Gasteiger charge is -2.09. The van der Waals surface area contributed by atoms with Gasteiger partial charge in [-0.25, -0.2) is 8.61 Å². The van der Waals surface area contributed by atoms with Crippen molar-refractivity contribution in [1.82, 2.24) is 8.61 Å². The first-order valence-corrected chi connectivity index (χ1v) is 3.69. The Kier molecular flexibility index (Phi) is 2.18. The first-order chi connectivity index (χ1) is 4.61. The van der Waals surface area contributed by atoms with Gasteiger partial charge in [-0.1, -0.05) is 0 Å². The van der Waals surface area contributed by atoms with E-state index in [0.717, 1.165) is 0 Å². The average molecular weight is 162 g/mol. The first-order valence-electron chi connectivity index (χ1n) is 2.96. The predicted molar refractivity (Wildman–Crippen MR) is 39.4 cm³/mol. The van der Waals surface area contributed by atoms with Crippen LogP contribution in [0.2, 0.25) is 0 Å². The summed E-state index contributed by atoms with van der Waals surface area (Å²) in [6.45, 7) is 0.594. The minimum absolute atomic E-state index is 0.352. The second kappa shape index (κ2) is 2.77. The fourth-order valence-corrected chi connectivity index (χ4v) is 1.82. The first kappa shape index (κ1) is 7.84. The van der Waals surface area contributed by atoms with E-state index in [2.05, 4.69) is 0 Å². The van der Waals surface area contributed by atoms with Crippen LogP contribution in [0.1, 0.15) is 0 Å². The number of aliphatic carboxylic acids is 1. The van der Waals surface area contributed by atoms with Gasteiger partial charge in [-0.2, -0.15) is 0 Å². The number of nitrogens with zero attached hydrogens (tertiary/aromatic N) is 2. The molecule has 1 atom stereocenters. The van der Waals surface area contributed by atoms with Crippen LogP contribution in [-0.2, 0) is 4.79 Å². The number of carbonyl (C=O) groups is 1. The second-order valence-corrected chi connectivity index (χ2v) is 3.65. The highest BCUT2D eigenvalue weighted by molar-refractivity contribution is 7.94. The number of carboxylic acid groups (broad SMARTS) is 1. The molecule has 1 N–H and O–H groups in total. The highest BCUT2D eigenvalue weighted by Crippen LogP contribution is 2.23. The summed E-state index contributed by atoms with van der Waals surface area (Å²) in [5.41, 5.74) is 0. The highest BCUT2D eigenvalue weighted by Gasteiger charge is 2.31. The van der Waals surface area contributed by atoms with Gasteiger partial charge in [0.1, 0.15) is 6.04 Å². The Morgan fingerprint density at radius 3 is 2.50 bits per heavy atom. The molecule has 1 unspecified atom stereocenters. The molecule has 0 aromatic heterocycles. The fourth-order valence-electron chi connectivity index (χ4n) is 0.902. The van der Waals surface area contributed by atoms with Crippen LogP contribution in [0.15, 0.2) is 0 Å². The van der Waals surface area contributed by atoms with E-state index in [1.54, 1.807) is 11.4 Å². The van der Waals surface area contributed by atoms with Gasteiger partial charge in [0, 0.05) is 18.7 Å². The van der Waals surface area contributed by atoms with E-state index in [9.17, 15) is 4.79 Å². The molecular formula is C5H10N2O2S. The quantitative estimate of drug-likeness (QED) is 0.544. The molecule has 1 rings (SSSR count). The van der Waals surface area contributed by atoms with Crippen LogP contribution in [0.25, 0.3) is 0 Å². The monoisotopic (exact) mass is 162 g/mol. The van der Waals surface area contributed by atoms with Crippen molar-refractivity contribution in [2.75, 3.05) is 20.6 Å². The molecule has 4 nitrogen and oxygen atoms in total. The van der Waals surface area contributed by atoms with Crippen molar-refractivity contribution >= 4 is 18.1 Å². The maximum atomic E-state index is 10.5. The van der Waals surface area contributed by atoms with Crippen molar-refractivity contribution < 1.29 is 9.90 Å². The van der Waals surface area contributed by atoms with Gasteiger partial charge in [0.05, 0.1) is 0 Å². The van der Waals surface area contributed by atoms with Gasteiger partial charge in [-0.3, -0.25) is 4.79 Å². The standard InChI is InChI=1S/C5H10N2O2S/c1-6-3-4(5(8)9)7(2)10-6/h4H,3H2,1-2H3,(H,8,9). The minimum atomic E-state index is -0.751. The number of likely N-dealkylation sites (N-methyl/N-ethyl adjacent to an activating group) is 2. The molecule has 1 fully saturated rings. The van der Waals surface area contributed by atoms with E-state index in [4.69, 9.17) is 5.11 Å². The molecular weight excluding hydrogens is 152 g/mol. The van der Waals surface area contributed by atoms with Gasteiger partial charge >= 0.3 is 5.97 Å². The topological polar surface area (TPSA) is 43.8 Å². The predicted octanol–water partition coefficient (Wildman–Crippen LogP) is -0.120. The van der Waals surface area contributed by atoms with Crippen LogP contribution in [0.5, 0.6) is 0 Å². The summed E-state index contributed by atoms with van der Waals surface area (Å²) < 4.78 is 3.64. The molecule has 58 valence electrons. The zero-order chi connectivity index (χ0) is 7.72. The van der Waals surface area contributed by atoms with Crippen LogP contribution in [0.3, 0.4) is 0 Å². The van der Waals surface area contributed by atoms with E-state index < -0.39 is 5.97 Å². The lowest BCUT2D eigenvalue weighted by Crippen LogP contribution is -2.32. The van der Waals surface area contributed by atoms with Crippen molar-refractivity contribution in [2.24, 2.45) is 0 Å². The third-order valence-electron chi connectivity index (χ3n) is 1.42. The summed E-state index contributed by atoms with van der Waals surface area (Å²) in [5.74, 6) is -0.751. The Morgan fingerprint density at radius 2 is 2.30 bits per heavy atom. The van der Waals surface area contributed by atoms with Crippen molar-refractivity contribution in [1.29, 1.82) is 0 Å². The Labute approximate surface area is 64.1 Å². The van der Waals surface area contributed by atoms with E-state index in [0.29, 0.717) is 6.54 Å². The van der Waals surface area contributed by atoms with Crippen molar-refractivity contribution in [3.8, 4) is 0 Å². The number of carboxylic acids is 1. The van der Waals surface area contributed by atoms with Crippen molar-refractivity contribution in [3.63, 3.8) is 0 Å². The molecule has 1 aliphatic rings. The van der Waals surface area contributed by atoms with Crippen molar-refractivity contribution in [3.05, 3.63) is 0 Å². The summed E-state index contributed by atoms with van der Waals surface area (Å²) in [5, 5.41) is 8.62. The second-order valence-electron chi connectivity index (χ2n) is 2.29. The van der Waals surface area contributed by atoms with E-state index in [1.807, 2.05) is 11.4 Å². The minimum Gasteiger partial charge on any atom is -0.480 e. The van der Waals surface area contributed by atoms with E-state index >= 15 is 0 Å². The van der Waals surface area contributed by atoms with E-state index in [-0.39, 0.29) is 6.04 Å². The molecule has 1 saturated heterocycles. The molecule has 0 aromatic carbocycles. The van der Waals surface area contributed by atoms with Gasteiger partial charge in [-0.15, -0.1) is 0 Å². The lowest BCUT2D eigenvalue weighted by molar-refractivity contribution is -0.140. The van der Waals surface area contributed by atoms with Gasteiger partial charge < -0.3 is 5.11 Å². The normalized spacial score (nSPS) is 29.2. The number of hydrogen-bond donors (Lipinski definition) is 1. The highest BCUT2D eigenvalue weighted by atomic mass is 32.2. The third-order valence-corrected chi connectivity index (χ3v) is 2.36. The number of rotatable bonds is 1. The zero-order valence-electron chi connectivity index (χ0n) is 5.94. The lowest BCUT2D eigenvalue weighted by atomic mass is 10.3. The largest absolute Gasteiger partial charge is 0.480 e. The Hall–Kier alpha value is -0.260. The molecule has 0 bridgehead atoms. The molecule has 0 spiro atoms. The van der Waals surface area contributed by atoms with Crippen LogP contribution >= 0.6 is 12.1 Å². The molecule has 0 amide bonds. The van der Waals surface area contributed by atoms with Crippen LogP contribution in [-0.4, -0.2) is 46.4 Å². The van der Waals surface area contributed by atoms with Crippen molar-refractivity contribution in [2.45, 2.75) is 6.04 Å². The van der Waals surface area contributed by atoms with Gasteiger partial charge in [0.2, 0.25) is 0 Å². The van der Waals surface area contributed by atoms with Gasteiger partial charge in [-0.05, 0) is 14.1 Å². The van der Waals surface area contributed by atoms with Crippen LogP contribution in [0.4, 0.5) is 0 Å². The smallest absolute Gasteiger partial charge is 0.323 e. The molecule has 1 heterocycles. The Morgan fingerprint density at radius 1 is 1.70 bits per heavy atom. The maximum absolute atomic E-state index is 10.5. The summed E-state index contributed by atoms with van der Waals surface area (Å²) in [7, 11) is 3.66. The Bertz CT molecular complexity index is 153. The SMILES string of the molecule is CN1CC(C(=O)O)N(C)S1. The summed E-state index contributed by atoms with van der Waals surface area (Å²) in [4.78, 5) is 10.5. The summed E-state index contributed by atoms with van der Waals surface area (Å²) in [6.07, 6.45) is 0. The Balaban J connectivity index is 2.54. The van der Waals surface area contributed by atoms with Gasteiger partial charge in [0.25, 0.3) is 0 Å². The van der Waals surface area contributed by atoms with Crippen LogP contribution < -0.4 is 0 Å². The van der Waals surface area contributed by atoms with E-state index in [1.165, 1.54) is 12.1 Å². The summed E-state index contributed by atoms with van der Waals surface area (Å²) in [6, 6.07) is -0.352.